The molecular formula is C64H123N13O15. The predicted octanol–water partition coefficient (Wildman–Crippen LogP) is 2.58. The Kier molecular flexibility index (Phi) is 56.4. The largest absolute Gasteiger partial charge is 0.377 e. The number of guanidine groups is 1. The minimum atomic E-state index is -1.27. The first-order valence-corrected chi connectivity index (χ1v) is 34.2. The molecule has 0 aliphatic heterocycles. The highest BCUT2D eigenvalue weighted by molar-refractivity contribution is 5.93. The molecule has 0 rings (SSSR count). The van der Waals surface area contributed by atoms with Crippen LogP contribution >= 0.6 is 0 Å². The SMILES string of the molecule is CCCCCCCCCCCC(=O)NCCOCCOCC(=O)NCCCCC(NC(=O)COCCOCCNC(=O)CCCCCCCCCCC)C(=O)NCCOCCOCC(=O)NCCCC[C@H](NC(=O)[C@H](CCCN=C(N)N)NC(=O)C(C)(C)N)C(N)=O. The van der Waals surface area contributed by atoms with E-state index in [0.29, 0.717) is 77.8 Å². The quantitative estimate of drug-likeness (QED) is 0.0236. The maximum Gasteiger partial charge on any atom is 0.246 e. The molecule has 0 aromatic heterocycles. The van der Waals surface area contributed by atoms with Crippen molar-refractivity contribution in [3.63, 3.8) is 0 Å². The number of rotatable bonds is 65. The Bertz CT molecular complexity index is 2000. The number of nitrogens with two attached hydrogens (primary N) is 4. The lowest BCUT2D eigenvalue weighted by atomic mass is 10.0. The highest BCUT2D eigenvalue weighted by atomic mass is 16.5. The van der Waals surface area contributed by atoms with Gasteiger partial charge in [0.25, 0.3) is 0 Å². The third-order valence-corrected chi connectivity index (χ3v) is 14.5. The zero-order chi connectivity index (χ0) is 68.1. The zero-order valence-electron chi connectivity index (χ0n) is 56.6. The van der Waals surface area contributed by atoms with E-state index in [0.717, 1.165) is 32.1 Å². The Balaban J connectivity index is 4.76. The number of nitrogens with one attached hydrogen (secondary N) is 8. The second-order valence-electron chi connectivity index (χ2n) is 23.6. The van der Waals surface area contributed by atoms with Crippen LogP contribution in [0.5, 0.6) is 0 Å². The summed E-state index contributed by atoms with van der Waals surface area (Å²) in [4.78, 5) is 117. The second-order valence-corrected chi connectivity index (χ2v) is 23.6. The Hall–Kier alpha value is -5.78. The van der Waals surface area contributed by atoms with Crippen LogP contribution in [0.4, 0.5) is 0 Å². The lowest BCUT2D eigenvalue weighted by Crippen LogP contribution is -2.57. The molecule has 0 aromatic carbocycles. The van der Waals surface area contributed by atoms with Crippen LogP contribution in [0.15, 0.2) is 4.99 Å². The van der Waals surface area contributed by atoms with E-state index < -0.39 is 53.2 Å². The summed E-state index contributed by atoms with van der Waals surface area (Å²) in [7, 11) is 0. The molecule has 16 N–H and O–H groups in total. The number of hydrogen-bond acceptors (Lipinski definition) is 17. The van der Waals surface area contributed by atoms with E-state index in [9.17, 15) is 43.2 Å². The number of ether oxygens (including phenoxy) is 6. The van der Waals surface area contributed by atoms with Crippen LogP contribution < -0.4 is 65.5 Å². The number of aliphatic imine (C=N–C) groups is 1. The van der Waals surface area contributed by atoms with Gasteiger partial charge in [-0.25, -0.2) is 0 Å². The van der Waals surface area contributed by atoms with Crippen molar-refractivity contribution in [3.8, 4) is 0 Å². The monoisotopic (exact) mass is 1310 g/mol. The fraction of sp³-hybridized carbons (Fsp3) is 0.844. The number of unbranched alkanes of at least 4 members (excludes halogenated alkanes) is 18. The predicted molar refractivity (Wildman–Crippen MR) is 355 cm³/mol. The molecule has 28 heteroatoms. The molecule has 92 heavy (non-hydrogen) atoms. The summed E-state index contributed by atoms with van der Waals surface area (Å²) in [6, 6.07) is -2.99. The van der Waals surface area contributed by atoms with E-state index in [1.165, 1.54) is 97.3 Å². The van der Waals surface area contributed by atoms with Crippen molar-refractivity contribution in [3.05, 3.63) is 0 Å². The molecule has 0 fully saturated rings. The summed E-state index contributed by atoms with van der Waals surface area (Å²) in [6.45, 7) is 10.1. The van der Waals surface area contributed by atoms with Gasteiger partial charge >= 0.3 is 0 Å². The lowest BCUT2D eigenvalue weighted by Gasteiger charge is -2.25. The van der Waals surface area contributed by atoms with Gasteiger partial charge in [0.15, 0.2) is 5.96 Å². The van der Waals surface area contributed by atoms with Crippen LogP contribution in [0, 0.1) is 0 Å². The van der Waals surface area contributed by atoms with Gasteiger partial charge in [-0.15, -0.1) is 0 Å². The molecule has 0 aromatic rings. The Morgan fingerprint density at radius 2 is 0.739 bits per heavy atom. The minimum absolute atomic E-state index is 0.000587. The van der Waals surface area contributed by atoms with E-state index in [1.807, 2.05) is 0 Å². The third kappa shape index (κ3) is 55.8. The molecule has 0 spiro atoms. The van der Waals surface area contributed by atoms with Gasteiger partial charge in [-0.05, 0) is 78.1 Å². The van der Waals surface area contributed by atoms with Crippen molar-refractivity contribution in [1.82, 2.24) is 42.5 Å². The molecule has 28 nitrogen and oxygen atoms in total. The second kappa shape index (κ2) is 60.2. The number of carbonyl (C=O) groups excluding carboxylic acids is 9. The molecule has 0 bridgehead atoms. The van der Waals surface area contributed by atoms with E-state index in [1.54, 1.807) is 0 Å². The smallest absolute Gasteiger partial charge is 0.246 e. The summed E-state index contributed by atoms with van der Waals surface area (Å²) in [5.41, 5.74) is 21.0. The Morgan fingerprint density at radius 1 is 0.370 bits per heavy atom. The fourth-order valence-corrected chi connectivity index (χ4v) is 9.10. The van der Waals surface area contributed by atoms with Crippen LogP contribution in [0.1, 0.15) is 207 Å². The topological polar surface area (TPSA) is 422 Å². The normalized spacial score (nSPS) is 12.2. The average Bonchev–Trinajstić information content (AvgIpc) is 1.20. The van der Waals surface area contributed by atoms with Gasteiger partial charge in [0.1, 0.15) is 37.9 Å². The summed E-state index contributed by atoms with van der Waals surface area (Å²) in [5, 5.41) is 22.0. The molecule has 0 heterocycles. The molecular weight excluding hydrogens is 1190 g/mol. The van der Waals surface area contributed by atoms with Crippen molar-refractivity contribution in [1.29, 1.82) is 0 Å². The minimum Gasteiger partial charge on any atom is -0.377 e. The van der Waals surface area contributed by atoms with Gasteiger partial charge in [0.2, 0.25) is 53.2 Å². The average molecular weight is 1310 g/mol. The first-order valence-electron chi connectivity index (χ1n) is 34.2. The summed E-state index contributed by atoms with van der Waals surface area (Å²) in [5.74, 6) is -3.70. The van der Waals surface area contributed by atoms with Gasteiger partial charge in [0.05, 0.1) is 65.0 Å². The van der Waals surface area contributed by atoms with Crippen LogP contribution in [0.2, 0.25) is 0 Å². The third-order valence-electron chi connectivity index (χ3n) is 14.5. The first kappa shape index (κ1) is 86.2. The Morgan fingerprint density at radius 3 is 1.16 bits per heavy atom. The van der Waals surface area contributed by atoms with Crippen molar-refractivity contribution in [2.24, 2.45) is 27.9 Å². The molecule has 3 atom stereocenters. The standard InChI is InChI=1S/C64H123N13O15/c1-5-7-9-11-13-15-17-19-21-31-54(78)71-36-39-87-42-45-90-49-57(81)70-34-26-24-29-52(75-58(82)50-92-47-44-88-40-37-72-55(79)32-22-20-18-16-14-12-10-8-6-2)60(84)73-38-41-89-43-46-91-48-56(80)69-33-25-23-28-51(59(65)83)76-61(85)53(30-27-35-74-63(66)67)77-62(86)64(3,4)68/h51-53H,5-50,68H2,1-4H3,(H2,65,83)(H,69,80)(H,70,81)(H,71,78)(H,72,79)(H,73,84)(H,75,82)(H,76,85)(H,77,86)(H4,66,67,74)/t51-,52?,53-/m0/s1. The molecule has 0 aliphatic carbocycles. The lowest BCUT2D eigenvalue weighted by molar-refractivity contribution is -0.133. The molecule has 0 saturated carbocycles. The highest BCUT2D eigenvalue weighted by Gasteiger charge is 2.30. The molecule has 0 radical (unpaired) electrons. The first-order chi connectivity index (χ1) is 44.3. The van der Waals surface area contributed by atoms with Crippen molar-refractivity contribution in [2.45, 2.75) is 231 Å². The molecule has 0 saturated heterocycles. The van der Waals surface area contributed by atoms with E-state index in [4.69, 9.17) is 51.4 Å². The van der Waals surface area contributed by atoms with Crippen LogP contribution in [0.3, 0.4) is 0 Å². The number of amides is 9. The van der Waals surface area contributed by atoms with Gasteiger partial charge in [0, 0.05) is 52.1 Å². The Labute approximate surface area is 549 Å². The van der Waals surface area contributed by atoms with E-state index >= 15 is 0 Å². The fourth-order valence-electron chi connectivity index (χ4n) is 9.10. The van der Waals surface area contributed by atoms with Crippen LogP contribution in [-0.4, -0.2) is 201 Å². The maximum absolute atomic E-state index is 13.3. The summed E-state index contributed by atoms with van der Waals surface area (Å²) in [6.07, 6.45) is 25.2. The van der Waals surface area contributed by atoms with Crippen LogP contribution in [-0.2, 0) is 71.6 Å². The summed E-state index contributed by atoms with van der Waals surface area (Å²) < 4.78 is 33.0. The highest BCUT2D eigenvalue weighted by Crippen LogP contribution is 2.13. The van der Waals surface area contributed by atoms with Gasteiger partial charge in [-0.1, -0.05) is 117 Å². The molecule has 1 unspecified atom stereocenters. The van der Waals surface area contributed by atoms with Crippen molar-refractivity contribution < 1.29 is 71.6 Å². The van der Waals surface area contributed by atoms with Crippen molar-refractivity contribution >= 4 is 59.1 Å². The number of carbonyl (C=O) groups is 9. The van der Waals surface area contributed by atoms with Gasteiger partial charge in [-0.3, -0.25) is 48.1 Å². The molecule has 0 aliphatic rings. The zero-order valence-corrected chi connectivity index (χ0v) is 56.6. The number of nitrogens with zero attached hydrogens (tertiary/aromatic N) is 1. The van der Waals surface area contributed by atoms with Gasteiger partial charge in [-0.2, -0.15) is 0 Å². The van der Waals surface area contributed by atoms with E-state index in [-0.39, 0.29) is 135 Å². The van der Waals surface area contributed by atoms with Gasteiger partial charge < -0.3 is 93.9 Å². The molecule has 534 valence electrons. The van der Waals surface area contributed by atoms with Crippen molar-refractivity contribution in [2.75, 3.05) is 119 Å². The number of primary amides is 1. The summed E-state index contributed by atoms with van der Waals surface area (Å²) >= 11 is 0. The van der Waals surface area contributed by atoms with E-state index in [2.05, 4.69) is 61.4 Å². The number of hydrogen-bond donors (Lipinski definition) is 12. The van der Waals surface area contributed by atoms with Crippen LogP contribution in [0.25, 0.3) is 0 Å². The molecule has 9 amide bonds. The maximum atomic E-state index is 13.3.